The molecule has 0 aromatic heterocycles. The fourth-order valence-electron chi connectivity index (χ4n) is 4.99. The highest BCUT2D eigenvalue weighted by Gasteiger charge is 2.54. The van der Waals surface area contributed by atoms with Crippen molar-refractivity contribution in [3.8, 4) is 0 Å². The standard InChI is InChI=1S/C18H38N5O12P/c19-3-9-8(25)2-7(22)17(31-9)33-14-5(20)1-6(21)15(13(14)27)34-18-16(35-36(28,29)30)11(23)12(26)10(4-24)32-18/h5-18,24-27H,1-4,19-23H2,(H2,28,29,30)/p+3/t5-,6+,7+,8-,9+,10+,11-,12+,13-,14+,15-,16+,17+,18+/m0/s1. The molecule has 36 heavy (non-hydrogen) atoms. The van der Waals surface area contributed by atoms with Crippen molar-refractivity contribution in [1.29, 1.82) is 0 Å². The van der Waals surface area contributed by atoms with Crippen molar-refractivity contribution in [3.05, 3.63) is 0 Å². The predicted molar refractivity (Wildman–Crippen MR) is 108 cm³/mol. The molecule has 0 radical (unpaired) electrons. The molecule has 19 N–H and O–H groups in total. The Balaban J connectivity index is 1.78. The number of phosphoric acid groups is 1. The Labute approximate surface area is 207 Å². The maximum atomic E-state index is 11.3. The number of quaternary nitrogens is 5. The Hall–Kier alpha value is -0.410. The van der Waals surface area contributed by atoms with E-state index in [0.29, 0.717) is 19.4 Å². The molecule has 2 aliphatic heterocycles. The summed E-state index contributed by atoms with van der Waals surface area (Å²) in [7, 11) is -5.55. The van der Waals surface area contributed by atoms with Crippen LogP contribution in [0.1, 0.15) is 12.8 Å². The molecule has 1 aliphatic carbocycles. The van der Waals surface area contributed by atoms with Gasteiger partial charge in [0.2, 0.25) is 6.29 Å². The average Bonchev–Trinajstić information content (AvgIpc) is 2.79. The highest BCUT2D eigenvalue weighted by atomic mass is 31.2. The molecule has 3 aliphatic rings. The first-order chi connectivity index (χ1) is 16.8. The zero-order chi connectivity index (χ0) is 26.9. The van der Waals surface area contributed by atoms with Gasteiger partial charge in [0, 0.05) is 6.42 Å². The molecule has 18 heteroatoms. The Morgan fingerprint density at radius 1 is 0.833 bits per heavy atom. The van der Waals surface area contributed by atoms with E-state index in [1.165, 1.54) is 0 Å². The Morgan fingerprint density at radius 3 is 1.92 bits per heavy atom. The van der Waals surface area contributed by atoms with E-state index in [9.17, 15) is 34.8 Å². The van der Waals surface area contributed by atoms with E-state index in [1.54, 1.807) is 0 Å². The Kier molecular flexibility index (Phi) is 10.2. The van der Waals surface area contributed by atoms with Crippen LogP contribution in [0, 0.1) is 0 Å². The van der Waals surface area contributed by atoms with Crippen LogP contribution in [0.3, 0.4) is 0 Å². The highest BCUT2D eigenvalue weighted by molar-refractivity contribution is 7.43. The first-order valence-corrected chi connectivity index (χ1v) is 13.3. The van der Waals surface area contributed by atoms with Crippen molar-refractivity contribution < 1.29 is 86.9 Å². The van der Waals surface area contributed by atoms with Crippen LogP contribution in [0.15, 0.2) is 0 Å². The third kappa shape index (κ3) is 6.77. The van der Waals surface area contributed by atoms with Crippen LogP contribution in [-0.4, -0.2) is 119 Å². The highest BCUT2D eigenvalue weighted by Crippen LogP contribution is 2.35. The third-order valence-corrected chi connectivity index (χ3v) is 7.49. The molecule has 14 atom stereocenters. The zero-order valence-corrected chi connectivity index (χ0v) is 20.8. The van der Waals surface area contributed by atoms with E-state index in [4.69, 9.17) is 18.9 Å². The normalized spacial score (nSPS) is 48.6. The van der Waals surface area contributed by atoms with E-state index in [2.05, 4.69) is 33.2 Å². The quantitative estimate of drug-likeness (QED) is 0.127. The molecule has 2 heterocycles. The maximum absolute atomic E-state index is 11.3. The topological polar surface area (TPSA) is 328 Å². The van der Waals surface area contributed by atoms with E-state index >= 15 is 0 Å². The summed E-state index contributed by atoms with van der Waals surface area (Å²) in [4.78, 5) is 22.7. The van der Waals surface area contributed by atoms with Gasteiger partial charge in [-0.05, 0) is 0 Å². The molecule has 0 aromatic carbocycles. The lowest BCUT2D eigenvalue weighted by Gasteiger charge is -2.47. The SMILES string of the molecule is [NH3+]C[C@H]1O[C@H](O[C@H]2[C@H](O)[C@@H](O[C@H]3O[C@H](CO)[C@@H](O)[C@H]([NH3+])[C@H]3OP(=O)([O-])[O-])[C@H]([NH3+])C[C@@H]2[NH3+])[C@H]([NH3+])C[C@@H]1O. The second kappa shape index (κ2) is 12.2. The zero-order valence-electron chi connectivity index (χ0n) is 19.9. The number of aliphatic hydroxyl groups excluding tert-OH is 4. The van der Waals surface area contributed by atoms with Crippen molar-refractivity contribution in [2.24, 2.45) is 0 Å². The summed E-state index contributed by atoms with van der Waals surface area (Å²) in [6.45, 7) is -0.349. The minimum atomic E-state index is -5.55. The molecule has 0 spiro atoms. The van der Waals surface area contributed by atoms with Gasteiger partial charge in [-0.15, -0.1) is 0 Å². The molecule has 0 bridgehead atoms. The van der Waals surface area contributed by atoms with Gasteiger partial charge in [0.25, 0.3) is 0 Å². The number of rotatable bonds is 8. The molecule has 2 saturated heterocycles. The Bertz CT molecular complexity index is 768. The summed E-state index contributed by atoms with van der Waals surface area (Å²) in [5.41, 5.74) is 19.4. The fourth-order valence-corrected chi connectivity index (χ4v) is 5.54. The van der Waals surface area contributed by atoms with Crippen molar-refractivity contribution in [1.82, 2.24) is 0 Å². The lowest BCUT2D eigenvalue weighted by atomic mass is 9.84. The minimum absolute atomic E-state index is 0.301. The van der Waals surface area contributed by atoms with Gasteiger partial charge in [-0.2, -0.15) is 0 Å². The molecular formula is C18H41N5O12P+3. The van der Waals surface area contributed by atoms with Crippen LogP contribution < -0.4 is 38.5 Å². The molecule has 212 valence electrons. The van der Waals surface area contributed by atoms with Gasteiger partial charge < -0.3 is 86.9 Å². The molecule has 3 rings (SSSR count). The van der Waals surface area contributed by atoms with Gasteiger partial charge in [0.05, 0.1) is 27.0 Å². The summed E-state index contributed by atoms with van der Waals surface area (Å²) in [6, 6.07) is -2.68. The Morgan fingerprint density at radius 2 is 1.39 bits per heavy atom. The van der Waals surface area contributed by atoms with Gasteiger partial charge in [-0.3, -0.25) is 0 Å². The van der Waals surface area contributed by atoms with Crippen molar-refractivity contribution in [2.45, 2.75) is 98.4 Å². The summed E-state index contributed by atoms with van der Waals surface area (Å²) >= 11 is 0. The van der Waals surface area contributed by atoms with Gasteiger partial charge >= 0.3 is 0 Å². The smallest absolute Gasteiger partial charge is 0.211 e. The first kappa shape index (κ1) is 30.1. The summed E-state index contributed by atoms with van der Waals surface area (Å²) < 4.78 is 39.2. The number of phosphoric ester groups is 1. The van der Waals surface area contributed by atoms with Crippen LogP contribution in [0.2, 0.25) is 0 Å². The monoisotopic (exact) mass is 550 g/mol. The first-order valence-electron chi connectivity index (χ1n) is 11.9. The van der Waals surface area contributed by atoms with Crippen LogP contribution in [-0.2, 0) is 28.0 Å². The maximum Gasteiger partial charge on any atom is 0.211 e. The lowest BCUT2D eigenvalue weighted by Crippen LogP contribution is -2.84. The number of ether oxygens (including phenoxy) is 4. The van der Waals surface area contributed by atoms with Gasteiger partial charge in [0.15, 0.2) is 12.4 Å². The number of hydrogen-bond donors (Lipinski definition) is 9. The van der Waals surface area contributed by atoms with Crippen LogP contribution in [0.5, 0.6) is 0 Å². The van der Waals surface area contributed by atoms with Crippen LogP contribution >= 0.6 is 7.82 Å². The van der Waals surface area contributed by atoms with Crippen molar-refractivity contribution >= 4 is 7.82 Å². The van der Waals surface area contributed by atoms with E-state index < -0.39 is 100 Å². The van der Waals surface area contributed by atoms with Crippen molar-refractivity contribution in [3.63, 3.8) is 0 Å². The average molecular weight is 551 g/mol. The molecule has 17 nitrogen and oxygen atoms in total. The van der Waals surface area contributed by atoms with Gasteiger partial charge in [-0.1, -0.05) is 0 Å². The van der Waals surface area contributed by atoms with Crippen LogP contribution in [0.25, 0.3) is 0 Å². The van der Waals surface area contributed by atoms with Crippen molar-refractivity contribution in [2.75, 3.05) is 13.2 Å². The molecule has 3 fully saturated rings. The molecule has 0 unspecified atom stereocenters. The van der Waals surface area contributed by atoms with Gasteiger partial charge in [0.1, 0.15) is 67.3 Å². The van der Waals surface area contributed by atoms with E-state index in [-0.39, 0.29) is 0 Å². The number of aliphatic hydroxyl groups is 4. The fraction of sp³-hybridized carbons (Fsp3) is 1.00. The lowest BCUT2D eigenvalue weighted by molar-refractivity contribution is -0.534. The second-order valence-electron chi connectivity index (χ2n) is 9.74. The third-order valence-electron chi connectivity index (χ3n) is 6.99. The molecule has 1 saturated carbocycles. The second-order valence-corrected chi connectivity index (χ2v) is 10.8. The molecule has 0 aromatic rings. The largest absolute Gasteiger partial charge is 0.790 e. The predicted octanol–water partition coefficient (Wildman–Crippen LogP) is -11.0. The minimum Gasteiger partial charge on any atom is -0.790 e. The van der Waals surface area contributed by atoms with E-state index in [0.717, 1.165) is 0 Å². The summed E-state index contributed by atoms with van der Waals surface area (Å²) in [5, 5.41) is 41.1. The summed E-state index contributed by atoms with van der Waals surface area (Å²) in [5.74, 6) is 0. The summed E-state index contributed by atoms with van der Waals surface area (Å²) in [6.07, 6.45) is -10.8. The molecular weight excluding hydrogens is 509 g/mol. The van der Waals surface area contributed by atoms with Gasteiger partial charge in [-0.25, -0.2) is 0 Å². The van der Waals surface area contributed by atoms with Crippen LogP contribution in [0.4, 0.5) is 0 Å². The molecule has 0 amide bonds. The van der Waals surface area contributed by atoms with E-state index in [1.807, 2.05) is 0 Å². The number of hydrogen-bond acceptors (Lipinski definition) is 12.